The van der Waals surface area contributed by atoms with E-state index in [2.05, 4.69) is 15.0 Å². The number of anilines is 1. The summed E-state index contributed by atoms with van der Waals surface area (Å²) in [6.45, 7) is 1.73. The molecule has 1 aromatic carbocycles. The molecule has 0 bridgehead atoms. The lowest BCUT2D eigenvalue weighted by molar-refractivity contribution is -0.141. The van der Waals surface area contributed by atoms with Crippen LogP contribution in [-0.4, -0.2) is 24.1 Å². The topological polar surface area (TPSA) is 60.5 Å². The van der Waals surface area contributed by atoms with E-state index in [0.717, 1.165) is 5.69 Å². The SMILES string of the molecule is COC(=O)C(C)Nc1cccc(Oc2ccccn2)c1. The highest BCUT2D eigenvalue weighted by Gasteiger charge is 2.12. The summed E-state index contributed by atoms with van der Waals surface area (Å²) in [5, 5.41) is 3.04. The van der Waals surface area contributed by atoms with Crippen LogP contribution >= 0.6 is 0 Å². The maximum absolute atomic E-state index is 11.4. The minimum Gasteiger partial charge on any atom is -0.467 e. The highest BCUT2D eigenvalue weighted by atomic mass is 16.5. The Hall–Kier alpha value is -2.56. The van der Waals surface area contributed by atoms with Crippen molar-refractivity contribution in [3.63, 3.8) is 0 Å². The van der Waals surface area contributed by atoms with Crippen LogP contribution in [0.25, 0.3) is 0 Å². The Kier molecular flexibility index (Phi) is 4.55. The van der Waals surface area contributed by atoms with Crippen LogP contribution in [0.15, 0.2) is 48.7 Å². The van der Waals surface area contributed by atoms with E-state index in [1.54, 1.807) is 25.3 Å². The summed E-state index contributed by atoms with van der Waals surface area (Å²) >= 11 is 0. The number of esters is 1. The zero-order chi connectivity index (χ0) is 14.4. The number of ether oxygens (including phenoxy) is 2. The minimum absolute atomic E-state index is 0.318. The molecule has 2 rings (SSSR count). The number of nitrogens with one attached hydrogen (secondary N) is 1. The molecule has 0 spiro atoms. The first-order valence-corrected chi connectivity index (χ1v) is 6.22. The first kappa shape index (κ1) is 13.9. The Morgan fingerprint density at radius 1 is 1.25 bits per heavy atom. The van der Waals surface area contributed by atoms with Crippen LogP contribution in [0.2, 0.25) is 0 Å². The molecule has 0 saturated carbocycles. The molecule has 5 heteroatoms. The normalized spacial score (nSPS) is 11.5. The fourth-order valence-corrected chi connectivity index (χ4v) is 1.66. The van der Waals surface area contributed by atoms with Crippen molar-refractivity contribution in [2.75, 3.05) is 12.4 Å². The van der Waals surface area contributed by atoms with Crippen molar-refractivity contribution in [1.82, 2.24) is 4.98 Å². The van der Waals surface area contributed by atoms with E-state index in [-0.39, 0.29) is 5.97 Å². The van der Waals surface area contributed by atoms with Crippen LogP contribution in [0.5, 0.6) is 11.6 Å². The van der Waals surface area contributed by atoms with Gasteiger partial charge in [-0.2, -0.15) is 0 Å². The molecule has 104 valence electrons. The van der Waals surface area contributed by atoms with Crippen LogP contribution in [0.1, 0.15) is 6.92 Å². The summed E-state index contributed by atoms with van der Waals surface area (Å²) in [4.78, 5) is 15.5. The lowest BCUT2D eigenvalue weighted by atomic mass is 10.2. The molecular formula is C15H16N2O3. The fourth-order valence-electron chi connectivity index (χ4n) is 1.66. The van der Waals surface area contributed by atoms with E-state index in [1.807, 2.05) is 30.3 Å². The number of nitrogens with zero attached hydrogens (tertiary/aromatic N) is 1. The van der Waals surface area contributed by atoms with Crippen molar-refractivity contribution in [2.24, 2.45) is 0 Å². The van der Waals surface area contributed by atoms with E-state index in [1.165, 1.54) is 7.11 Å². The molecule has 0 radical (unpaired) electrons. The molecular weight excluding hydrogens is 256 g/mol. The first-order chi connectivity index (χ1) is 9.69. The number of methoxy groups -OCH3 is 1. The van der Waals surface area contributed by atoms with Gasteiger partial charge in [0.15, 0.2) is 0 Å². The standard InChI is InChI=1S/C15H16N2O3/c1-11(15(18)19-2)17-12-6-5-7-13(10-12)20-14-8-3-4-9-16-14/h3-11,17H,1-2H3. The van der Waals surface area contributed by atoms with Gasteiger partial charge in [0, 0.05) is 24.0 Å². The van der Waals surface area contributed by atoms with Gasteiger partial charge in [0.2, 0.25) is 5.88 Å². The molecule has 1 N–H and O–H groups in total. The van der Waals surface area contributed by atoms with Gasteiger partial charge in [0.25, 0.3) is 0 Å². The van der Waals surface area contributed by atoms with E-state index >= 15 is 0 Å². The number of hydrogen-bond donors (Lipinski definition) is 1. The Bertz CT molecular complexity index is 572. The summed E-state index contributed by atoms with van der Waals surface area (Å²) in [5.74, 6) is 0.845. The molecule has 5 nitrogen and oxygen atoms in total. The molecule has 20 heavy (non-hydrogen) atoms. The summed E-state index contributed by atoms with van der Waals surface area (Å²) in [5.41, 5.74) is 0.774. The van der Waals surface area contributed by atoms with Gasteiger partial charge in [-0.25, -0.2) is 9.78 Å². The smallest absolute Gasteiger partial charge is 0.327 e. The van der Waals surface area contributed by atoms with Crippen LogP contribution < -0.4 is 10.1 Å². The highest BCUT2D eigenvalue weighted by Crippen LogP contribution is 2.22. The summed E-state index contributed by atoms with van der Waals surface area (Å²) < 4.78 is 10.3. The Labute approximate surface area is 117 Å². The lowest BCUT2D eigenvalue weighted by Crippen LogP contribution is -2.27. The van der Waals surface area contributed by atoms with Gasteiger partial charge in [-0.05, 0) is 25.1 Å². The van der Waals surface area contributed by atoms with Crippen molar-refractivity contribution < 1.29 is 14.3 Å². The number of aromatic nitrogens is 1. The summed E-state index contributed by atoms with van der Waals surface area (Å²) in [6.07, 6.45) is 1.66. The van der Waals surface area contributed by atoms with Crippen molar-refractivity contribution in [1.29, 1.82) is 0 Å². The Morgan fingerprint density at radius 3 is 2.80 bits per heavy atom. The Morgan fingerprint density at radius 2 is 2.10 bits per heavy atom. The monoisotopic (exact) mass is 272 g/mol. The van der Waals surface area contributed by atoms with E-state index in [4.69, 9.17) is 4.74 Å². The van der Waals surface area contributed by atoms with Crippen molar-refractivity contribution in [3.05, 3.63) is 48.7 Å². The van der Waals surface area contributed by atoms with Gasteiger partial charge in [0.1, 0.15) is 11.8 Å². The van der Waals surface area contributed by atoms with Crippen molar-refractivity contribution >= 4 is 11.7 Å². The van der Waals surface area contributed by atoms with Crippen molar-refractivity contribution in [2.45, 2.75) is 13.0 Å². The molecule has 0 aliphatic heterocycles. The molecule has 0 saturated heterocycles. The van der Waals surface area contributed by atoms with Gasteiger partial charge in [-0.3, -0.25) is 0 Å². The van der Waals surface area contributed by atoms with E-state index < -0.39 is 6.04 Å². The van der Waals surface area contributed by atoms with Gasteiger partial charge in [-0.15, -0.1) is 0 Å². The molecule has 1 heterocycles. The second kappa shape index (κ2) is 6.56. The zero-order valence-corrected chi connectivity index (χ0v) is 11.4. The quantitative estimate of drug-likeness (QED) is 0.848. The molecule has 0 aliphatic carbocycles. The first-order valence-electron chi connectivity index (χ1n) is 6.22. The van der Waals surface area contributed by atoms with Crippen LogP contribution in [0, 0.1) is 0 Å². The molecule has 0 amide bonds. The highest BCUT2D eigenvalue weighted by molar-refractivity contribution is 5.78. The third-order valence-corrected chi connectivity index (χ3v) is 2.63. The average molecular weight is 272 g/mol. The summed E-state index contributed by atoms with van der Waals surface area (Å²) in [7, 11) is 1.36. The number of carbonyl (C=O) groups is 1. The molecule has 0 fully saturated rings. The predicted molar refractivity (Wildman–Crippen MR) is 75.9 cm³/mol. The number of carbonyl (C=O) groups excluding carboxylic acids is 1. The second-order valence-corrected chi connectivity index (χ2v) is 4.19. The van der Waals surface area contributed by atoms with Gasteiger partial charge in [0.05, 0.1) is 7.11 Å². The molecule has 2 aromatic rings. The van der Waals surface area contributed by atoms with Crippen molar-refractivity contribution in [3.8, 4) is 11.6 Å². The summed E-state index contributed by atoms with van der Waals surface area (Å²) in [6, 6.07) is 12.3. The Balaban J connectivity index is 2.06. The molecule has 1 unspecified atom stereocenters. The average Bonchev–Trinajstić information content (AvgIpc) is 2.47. The predicted octanol–water partition coefficient (Wildman–Crippen LogP) is 2.85. The third-order valence-electron chi connectivity index (χ3n) is 2.63. The molecule has 0 aliphatic rings. The van der Waals surface area contributed by atoms with E-state index in [0.29, 0.717) is 11.6 Å². The second-order valence-electron chi connectivity index (χ2n) is 4.19. The number of pyridine rings is 1. The molecule has 1 aromatic heterocycles. The minimum atomic E-state index is -0.426. The fraction of sp³-hybridized carbons (Fsp3) is 0.200. The number of hydrogen-bond acceptors (Lipinski definition) is 5. The van der Waals surface area contributed by atoms with Gasteiger partial charge < -0.3 is 14.8 Å². The maximum Gasteiger partial charge on any atom is 0.327 e. The van der Waals surface area contributed by atoms with E-state index in [9.17, 15) is 4.79 Å². The number of rotatable bonds is 5. The van der Waals surface area contributed by atoms with Crippen LogP contribution in [0.3, 0.4) is 0 Å². The number of benzene rings is 1. The zero-order valence-electron chi connectivity index (χ0n) is 11.4. The van der Waals surface area contributed by atoms with Gasteiger partial charge in [-0.1, -0.05) is 12.1 Å². The van der Waals surface area contributed by atoms with Gasteiger partial charge >= 0.3 is 5.97 Å². The molecule has 1 atom stereocenters. The third kappa shape index (κ3) is 3.71. The maximum atomic E-state index is 11.4. The van der Waals surface area contributed by atoms with Crippen LogP contribution in [0.4, 0.5) is 5.69 Å². The largest absolute Gasteiger partial charge is 0.467 e. The van der Waals surface area contributed by atoms with Crippen LogP contribution in [-0.2, 0) is 9.53 Å². The lowest BCUT2D eigenvalue weighted by Gasteiger charge is -2.13.